The minimum atomic E-state index is -0.146. The molecule has 0 aliphatic heterocycles. The molecule has 1 amide bonds. The van der Waals surface area contributed by atoms with E-state index in [1.165, 1.54) is 11.1 Å². The van der Waals surface area contributed by atoms with Gasteiger partial charge < -0.3 is 9.73 Å². The summed E-state index contributed by atoms with van der Waals surface area (Å²) in [6.45, 7) is 14.2. The van der Waals surface area contributed by atoms with E-state index in [1.807, 2.05) is 13.0 Å². The van der Waals surface area contributed by atoms with E-state index in [9.17, 15) is 4.79 Å². The Morgan fingerprint density at radius 1 is 1.04 bits per heavy atom. The second-order valence-electron chi connectivity index (χ2n) is 7.70. The molecule has 1 unspecified atom stereocenters. The van der Waals surface area contributed by atoms with Crippen LogP contribution in [0.15, 0.2) is 40.8 Å². The van der Waals surface area contributed by atoms with Gasteiger partial charge in [0.15, 0.2) is 5.76 Å². The lowest BCUT2D eigenvalue weighted by molar-refractivity contribution is 0.0897. The molecule has 26 heavy (non-hydrogen) atoms. The van der Waals surface area contributed by atoms with Crippen LogP contribution in [0.3, 0.4) is 0 Å². The molecule has 0 radical (unpaired) electrons. The van der Waals surface area contributed by atoms with Crippen molar-refractivity contribution in [3.63, 3.8) is 0 Å². The fraction of sp³-hybridized carbons (Fsp3) is 0.500. The number of carbonyl (C=O) groups excluding carboxylic acids is 1. The van der Waals surface area contributed by atoms with Gasteiger partial charge in [0.1, 0.15) is 5.76 Å². The summed E-state index contributed by atoms with van der Waals surface area (Å²) in [5.41, 5.74) is 2.61. The lowest BCUT2D eigenvalue weighted by atomic mass is 10.1. The number of aryl methyl sites for hydroxylation is 1. The van der Waals surface area contributed by atoms with Crippen molar-refractivity contribution in [1.29, 1.82) is 0 Å². The van der Waals surface area contributed by atoms with Gasteiger partial charge in [-0.05, 0) is 56.9 Å². The Morgan fingerprint density at radius 3 is 2.35 bits per heavy atom. The SMILES string of the molecule is Cc1ccccc1CN(Cc1ccc(C(=O)NC(C)C(C)C)o1)C(C)C. The number of nitrogens with one attached hydrogen (secondary N) is 1. The zero-order chi connectivity index (χ0) is 19.3. The number of rotatable bonds is 8. The lowest BCUT2D eigenvalue weighted by Gasteiger charge is -2.26. The molecule has 0 saturated heterocycles. The molecule has 0 saturated carbocycles. The van der Waals surface area contributed by atoms with Gasteiger partial charge in [-0.15, -0.1) is 0 Å². The van der Waals surface area contributed by atoms with Crippen molar-refractivity contribution in [3.8, 4) is 0 Å². The number of hydrogen-bond acceptors (Lipinski definition) is 3. The van der Waals surface area contributed by atoms with Crippen LogP contribution < -0.4 is 5.32 Å². The first-order valence-electron chi connectivity index (χ1n) is 9.46. The molecule has 0 spiro atoms. The van der Waals surface area contributed by atoms with Crippen LogP contribution in [-0.2, 0) is 13.1 Å². The highest BCUT2D eigenvalue weighted by Gasteiger charge is 2.18. The molecular weight excluding hydrogens is 324 g/mol. The molecule has 4 heteroatoms. The smallest absolute Gasteiger partial charge is 0.287 e. The summed E-state index contributed by atoms with van der Waals surface area (Å²) in [6.07, 6.45) is 0. The van der Waals surface area contributed by atoms with Crippen molar-refractivity contribution in [3.05, 3.63) is 59.0 Å². The highest BCUT2D eigenvalue weighted by Crippen LogP contribution is 2.18. The molecule has 1 atom stereocenters. The third-order valence-corrected chi connectivity index (χ3v) is 4.97. The maximum Gasteiger partial charge on any atom is 0.287 e. The van der Waals surface area contributed by atoms with E-state index >= 15 is 0 Å². The molecule has 2 rings (SSSR count). The van der Waals surface area contributed by atoms with Gasteiger partial charge in [0.2, 0.25) is 0 Å². The van der Waals surface area contributed by atoms with Crippen LogP contribution in [-0.4, -0.2) is 22.9 Å². The summed E-state index contributed by atoms with van der Waals surface area (Å²) in [6, 6.07) is 12.6. The fourth-order valence-electron chi connectivity index (χ4n) is 2.66. The Kier molecular flexibility index (Phi) is 7.04. The topological polar surface area (TPSA) is 45.5 Å². The molecule has 4 nitrogen and oxygen atoms in total. The van der Waals surface area contributed by atoms with Crippen LogP contribution in [0.5, 0.6) is 0 Å². The monoisotopic (exact) mass is 356 g/mol. The lowest BCUT2D eigenvalue weighted by Crippen LogP contribution is -2.35. The molecule has 142 valence electrons. The van der Waals surface area contributed by atoms with Crippen molar-refractivity contribution >= 4 is 5.91 Å². The summed E-state index contributed by atoms with van der Waals surface area (Å²) in [5, 5.41) is 2.99. The molecule has 0 fully saturated rings. The number of amides is 1. The highest BCUT2D eigenvalue weighted by molar-refractivity contribution is 5.91. The third kappa shape index (κ3) is 5.46. The molecule has 0 bridgehead atoms. The number of nitrogens with zero attached hydrogens (tertiary/aromatic N) is 1. The van der Waals surface area contributed by atoms with Crippen LogP contribution in [0.25, 0.3) is 0 Å². The molecule has 1 aromatic carbocycles. The van der Waals surface area contributed by atoms with Gasteiger partial charge in [0.05, 0.1) is 6.54 Å². The minimum absolute atomic E-state index is 0.115. The zero-order valence-electron chi connectivity index (χ0n) is 16.9. The van der Waals surface area contributed by atoms with Gasteiger partial charge in [-0.1, -0.05) is 38.1 Å². The van der Waals surface area contributed by atoms with Crippen LogP contribution in [0.4, 0.5) is 0 Å². The summed E-state index contributed by atoms with van der Waals surface area (Å²) >= 11 is 0. The summed E-state index contributed by atoms with van der Waals surface area (Å²) in [5.74, 6) is 1.44. The Bertz CT molecular complexity index is 718. The van der Waals surface area contributed by atoms with Crippen molar-refractivity contribution in [2.45, 2.75) is 66.7 Å². The molecule has 0 aliphatic carbocycles. The Morgan fingerprint density at radius 2 is 1.73 bits per heavy atom. The van der Waals surface area contributed by atoms with Crippen molar-refractivity contribution in [2.24, 2.45) is 5.92 Å². The highest BCUT2D eigenvalue weighted by atomic mass is 16.4. The third-order valence-electron chi connectivity index (χ3n) is 4.97. The van der Waals surface area contributed by atoms with E-state index in [2.05, 4.69) is 69.1 Å². The van der Waals surface area contributed by atoms with Crippen LogP contribution in [0.1, 0.15) is 62.1 Å². The quantitative estimate of drug-likeness (QED) is 0.741. The van der Waals surface area contributed by atoms with E-state index in [0.29, 0.717) is 24.3 Å². The van der Waals surface area contributed by atoms with Crippen LogP contribution >= 0.6 is 0 Å². The standard InChI is InChI=1S/C22H32N2O2/c1-15(2)18(6)23-22(25)21-12-11-20(26-21)14-24(16(3)4)13-19-10-8-7-9-17(19)5/h7-12,15-16,18H,13-14H2,1-6H3,(H,23,25). The zero-order valence-corrected chi connectivity index (χ0v) is 16.9. The maximum atomic E-state index is 12.3. The molecule has 2 aromatic rings. The first-order valence-corrected chi connectivity index (χ1v) is 9.46. The van der Waals surface area contributed by atoms with Gasteiger partial charge in [-0.3, -0.25) is 9.69 Å². The molecule has 1 aromatic heterocycles. The van der Waals surface area contributed by atoms with E-state index in [4.69, 9.17) is 4.42 Å². The molecule has 1 heterocycles. The first kappa shape index (κ1) is 20.2. The van der Waals surface area contributed by atoms with Crippen LogP contribution in [0.2, 0.25) is 0 Å². The van der Waals surface area contributed by atoms with Gasteiger partial charge in [-0.25, -0.2) is 0 Å². The van der Waals surface area contributed by atoms with Gasteiger partial charge in [0, 0.05) is 18.6 Å². The van der Waals surface area contributed by atoms with Crippen LogP contribution in [0, 0.1) is 12.8 Å². The summed E-state index contributed by atoms with van der Waals surface area (Å²) in [7, 11) is 0. The second kappa shape index (κ2) is 9.04. The molecule has 1 N–H and O–H groups in total. The van der Waals surface area contributed by atoms with Crippen molar-refractivity contribution < 1.29 is 9.21 Å². The Hall–Kier alpha value is -2.07. The average Bonchev–Trinajstić information content (AvgIpc) is 3.04. The van der Waals surface area contributed by atoms with Gasteiger partial charge in [-0.2, -0.15) is 0 Å². The Labute approximate surface area is 157 Å². The summed E-state index contributed by atoms with van der Waals surface area (Å²) < 4.78 is 5.82. The molecule has 0 aliphatic rings. The number of hydrogen-bond donors (Lipinski definition) is 1. The van der Waals surface area contributed by atoms with E-state index in [-0.39, 0.29) is 11.9 Å². The predicted octanol–water partition coefficient (Wildman–Crippen LogP) is 4.77. The predicted molar refractivity (Wildman–Crippen MR) is 106 cm³/mol. The molecular formula is C22H32N2O2. The van der Waals surface area contributed by atoms with E-state index in [0.717, 1.165) is 12.3 Å². The van der Waals surface area contributed by atoms with E-state index < -0.39 is 0 Å². The van der Waals surface area contributed by atoms with Crippen molar-refractivity contribution in [2.75, 3.05) is 0 Å². The Balaban J connectivity index is 2.05. The maximum absolute atomic E-state index is 12.3. The summed E-state index contributed by atoms with van der Waals surface area (Å²) in [4.78, 5) is 14.7. The number of carbonyl (C=O) groups is 1. The second-order valence-corrected chi connectivity index (χ2v) is 7.70. The van der Waals surface area contributed by atoms with E-state index in [1.54, 1.807) is 6.07 Å². The number of furan rings is 1. The number of benzene rings is 1. The average molecular weight is 357 g/mol. The fourth-order valence-corrected chi connectivity index (χ4v) is 2.66. The minimum Gasteiger partial charge on any atom is -0.455 e. The van der Waals surface area contributed by atoms with Gasteiger partial charge >= 0.3 is 0 Å². The van der Waals surface area contributed by atoms with Crippen molar-refractivity contribution in [1.82, 2.24) is 10.2 Å². The first-order chi connectivity index (χ1) is 12.3. The van der Waals surface area contributed by atoms with Gasteiger partial charge in [0.25, 0.3) is 5.91 Å². The normalized spacial score (nSPS) is 12.8. The largest absolute Gasteiger partial charge is 0.455 e.